The summed E-state index contributed by atoms with van der Waals surface area (Å²) in [6.07, 6.45) is 1.16. The van der Waals surface area contributed by atoms with E-state index in [9.17, 15) is 0 Å². The maximum atomic E-state index is 2.33. The Morgan fingerprint density at radius 1 is 0.630 bits per heavy atom. The van der Waals surface area contributed by atoms with Gasteiger partial charge in [-0.3, -0.25) is 0 Å². The van der Waals surface area contributed by atoms with Gasteiger partial charge in [-0.2, -0.15) is 0 Å². The number of para-hydroxylation sites is 1. The van der Waals surface area contributed by atoms with Crippen molar-refractivity contribution in [2.75, 3.05) is 4.90 Å². The van der Waals surface area contributed by atoms with Gasteiger partial charge in [-0.15, -0.1) is 0 Å². The summed E-state index contributed by atoms with van der Waals surface area (Å²) < 4.78 is 0. The predicted molar refractivity (Wildman–Crippen MR) is 117 cm³/mol. The normalized spacial score (nSPS) is 12.1. The fourth-order valence-electron chi connectivity index (χ4n) is 3.53. The fraction of sp³-hybridized carbons (Fsp3) is 0.154. The maximum absolute atomic E-state index is 2.33. The van der Waals surface area contributed by atoms with Gasteiger partial charge in [0.25, 0.3) is 0 Å². The molecule has 0 N–H and O–H groups in total. The molecule has 0 bridgehead atoms. The highest BCUT2D eigenvalue weighted by atomic mass is 15.1. The van der Waals surface area contributed by atoms with Crippen molar-refractivity contribution in [3.8, 4) is 0 Å². The zero-order valence-corrected chi connectivity index (χ0v) is 16.0. The number of hydrogen-bond donors (Lipinski definition) is 0. The summed E-state index contributed by atoms with van der Waals surface area (Å²) in [7, 11) is 0. The smallest absolute Gasteiger partial charge is 0.0468 e. The molecule has 0 fully saturated rings. The van der Waals surface area contributed by atoms with Crippen LogP contribution in [0.4, 0.5) is 17.1 Å². The average molecular weight is 351 g/mol. The van der Waals surface area contributed by atoms with Gasteiger partial charge in [-0.25, -0.2) is 0 Å². The summed E-state index contributed by atoms with van der Waals surface area (Å²) in [6, 6.07) is 34.8. The van der Waals surface area contributed by atoms with E-state index in [4.69, 9.17) is 0 Å². The summed E-state index contributed by atoms with van der Waals surface area (Å²) in [5.41, 5.74) is 4.93. The molecule has 0 heterocycles. The summed E-state index contributed by atoms with van der Waals surface area (Å²) in [4.78, 5) is 2.33. The summed E-state index contributed by atoms with van der Waals surface area (Å²) in [5.74, 6) is 0.588. The first-order valence-electron chi connectivity index (χ1n) is 9.70. The average Bonchev–Trinajstić information content (AvgIpc) is 2.74. The second kappa shape index (κ2) is 7.67. The van der Waals surface area contributed by atoms with Gasteiger partial charge < -0.3 is 4.90 Å². The molecule has 0 saturated carbocycles. The highest BCUT2D eigenvalue weighted by molar-refractivity contribution is 5.89. The second-order valence-corrected chi connectivity index (χ2v) is 7.10. The minimum Gasteiger partial charge on any atom is -0.310 e. The second-order valence-electron chi connectivity index (χ2n) is 7.10. The number of nitrogens with zero attached hydrogens (tertiary/aromatic N) is 1. The third kappa shape index (κ3) is 3.59. The van der Waals surface area contributed by atoms with Crippen LogP contribution < -0.4 is 4.90 Å². The molecule has 0 amide bonds. The SMILES string of the molecule is CCC(C)c1ccc(N(c2ccccc2)c2ccc3ccccc3c2)cc1. The van der Waals surface area contributed by atoms with E-state index in [2.05, 4.69) is 116 Å². The molecule has 4 aromatic carbocycles. The van der Waals surface area contributed by atoms with E-state index in [1.54, 1.807) is 0 Å². The zero-order chi connectivity index (χ0) is 18.6. The Morgan fingerprint density at radius 3 is 1.93 bits per heavy atom. The standard InChI is InChI=1S/C26H25N/c1-3-20(2)21-13-16-25(17-14-21)27(24-11-5-4-6-12-24)26-18-15-22-9-7-8-10-23(22)19-26/h4-20H,3H2,1-2H3. The van der Waals surface area contributed by atoms with E-state index >= 15 is 0 Å². The molecule has 0 aliphatic heterocycles. The van der Waals surface area contributed by atoms with Crippen LogP contribution in [0.15, 0.2) is 97.1 Å². The van der Waals surface area contributed by atoms with Crippen molar-refractivity contribution in [2.24, 2.45) is 0 Å². The lowest BCUT2D eigenvalue weighted by molar-refractivity contribution is 0.733. The van der Waals surface area contributed by atoms with Gasteiger partial charge in [-0.1, -0.05) is 74.5 Å². The number of benzene rings is 4. The largest absolute Gasteiger partial charge is 0.310 e. The highest BCUT2D eigenvalue weighted by Gasteiger charge is 2.13. The first kappa shape index (κ1) is 17.4. The Kier molecular flexibility index (Phi) is 4.93. The van der Waals surface area contributed by atoms with E-state index in [1.807, 2.05) is 0 Å². The summed E-state index contributed by atoms with van der Waals surface area (Å²) in [5, 5.41) is 2.52. The monoisotopic (exact) mass is 351 g/mol. The Morgan fingerprint density at radius 2 is 1.22 bits per heavy atom. The van der Waals surface area contributed by atoms with Crippen molar-refractivity contribution in [1.82, 2.24) is 0 Å². The molecular weight excluding hydrogens is 326 g/mol. The van der Waals surface area contributed by atoms with Gasteiger partial charge in [0.15, 0.2) is 0 Å². The van der Waals surface area contributed by atoms with Crippen LogP contribution in [-0.4, -0.2) is 0 Å². The first-order chi connectivity index (χ1) is 13.3. The topological polar surface area (TPSA) is 3.24 Å². The van der Waals surface area contributed by atoms with Gasteiger partial charge in [-0.05, 0) is 65.1 Å². The molecule has 0 saturated heterocycles. The van der Waals surface area contributed by atoms with Gasteiger partial charge in [0, 0.05) is 17.1 Å². The minimum absolute atomic E-state index is 0.588. The molecule has 0 aliphatic rings. The van der Waals surface area contributed by atoms with Crippen LogP contribution >= 0.6 is 0 Å². The van der Waals surface area contributed by atoms with Crippen molar-refractivity contribution in [3.05, 3.63) is 103 Å². The van der Waals surface area contributed by atoms with Crippen LogP contribution in [0, 0.1) is 0 Å². The van der Waals surface area contributed by atoms with Gasteiger partial charge in [0.1, 0.15) is 0 Å². The van der Waals surface area contributed by atoms with E-state index in [0.29, 0.717) is 5.92 Å². The fourth-order valence-corrected chi connectivity index (χ4v) is 3.53. The molecule has 27 heavy (non-hydrogen) atoms. The Labute approximate surface area is 161 Å². The van der Waals surface area contributed by atoms with E-state index in [-0.39, 0.29) is 0 Å². The van der Waals surface area contributed by atoms with Crippen molar-refractivity contribution in [2.45, 2.75) is 26.2 Å². The quantitative estimate of drug-likeness (QED) is 0.354. The molecule has 0 radical (unpaired) electrons. The Balaban J connectivity index is 1.81. The Bertz CT molecular complexity index is 1020. The Hall–Kier alpha value is -3.06. The molecule has 134 valence electrons. The maximum Gasteiger partial charge on any atom is 0.0468 e. The number of fused-ring (bicyclic) bond motifs is 1. The predicted octanol–water partition coefficient (Wildman–Crippen LogP) is 7.82. The van der Waals surface area contributed by atoms with Crippen molar-refractivity contribution >= 4 is 27.8 Å². The highest BCUT2D eigenvalue weighted by Crippen LogP contribution is 2.36. The minimum atomic E-state index is 0.588. The third-order valence-corrected chi connectivity index (χ3v) is 5.34. The van der Waals surface area contributed by atoms with Crippen molar-refractivity contribution < 1.29 is 0 Å². The number of anilines is 3. The van der Waals surface area contributed by atoms with E-state index < -0.39 is 0 Å². The van der Waals surface area contributed by atoms with Crippen LogP contribution in [0.3, 0.4) is 0 Å². The molecular formula is C26H25N. The van der Waals surface area contributed by atoms with Crippen molar-refractivity contribution in [1.29, 1.82) is 0 Å². The summed E-state index contributed by atoms with van der Waals surface area (Å²) in [6.45, 7) is 4.53. The van der Waals surface area contributed by atoms with E-state index in [1.165, 1.54) is 33.4 Å². The molecule has 4 aromatic rings. The molecule has 1 unspecified atom stereocenters. The third-order valence-electron chi connectivity index (χ3n) is 5.34. The lowest BCUT2D eigenvalue weighted by atomic mass is 9.98. The zero-order valence-electron chi connectivity index (χ0n) is 16.0. The molecule has 1 heteroatoms. The molecule has 0 aliphatic carbocycles. The summed E-state index contributed by atoms with van der Waals surface area (Å²) >= 11 is 0. The molecule has 1 nitrogen and oxygen atoms in total. The molecule has 0 aromatic heterocycles. The van der Waals surface area contributed by atoms with Crippen LogP contribution in [0.1, 0.15) is 31.7 Å². The number of hydrogen-bond acceptors (Lipinski definition) is 1. The van der Waals surface area contributed by atoms with Crippen molar-refractivity contribution in [3.63, 3.8) is 0 Å². The van der Waals surface area contributed by atoms with Crippen LogP contribution in [0.2, 0.25) is 0 Å². The lowest BCUT2D eigenvalue weighted by Gasteiger charge is -2.26. The van der Waals surface area contributed by atoms with Crippen LogP contribution in [0.5, 0.6) is 0 Å². The van der Waals surface area contributed by atoms with Gasteiger partial charge >= 0.3 is 0 Å². The van der Waals surface area contributed by atoms with Gasteiger partial charge in [0.2, 0.25) is 0 Å². The molecule has 0 spiro atoms. The van der Waals surface area contributed by atoms with Crippen LogP contribution in [-0.2, 0) is 0 Å². The lowest BCUT2D eigenvalue weighted by Crippen LogP contribution is -2.10. The van der Waals surface area contributed by atoms with Gasteiger partial charge in [0.05, 0.1) is 0 Å². The first-order valence-corrected chi connectivity index (χ1v) is 9.70. The molecule has 4 rings (SSSR count). The van der Waals surface area contributed by atoms with E-state index in [0.717, 1.165) is 6.42 Å². The molecule has 1 atom stereocenters. The number of rotatable bonds is 5. The van der Waals surface area contributed by atoms with Crippen LogP contribution in [0.25, 0.3) is 10.8 Å².